The maximum absolute atomic E-state index is 13.4. The second kappa shape index (κ2) is 10.5. The zero-order chi connectivity index (χ0) is 27.9. The molecule has 0 bridgehead atoms. The van der Waals surface area contributed by atoms with E-state index in [4.69, 9.17) is 16.1 Å². The van der Waals surface area contributed by atoms with E-state index in [1.54, 1.807) is 30.3 Å². The summed E-state index contributed by atoms with van der Waals surface area (Å²) >= 11 is 6.14. The third-order valence-corrected chi connectivity index (χ3v) is 8.85. The first-order chi connectivity index (χ1) is 18.4. The molecule has 0 saturated carbocycles. The fourth-order valence-electron chi connectivity index (χ4n) is 4.87. The van der Waals surface area contributed by atoms with Gasteiger partial charge in [-0.2, -0.15) is 0 Å². The third-order valence-electron chi connectivity index (χ3n) is 6.71. The number of pyridine rings is 1. The normalized spacial score (nSPS) is 17.4. The van der Waals surface area contributed by atoms with Crippen LogP contribution in [0.4, 0.5) is 17.1 Å². The van der Waals surface area contributed by atoms with Crippen molar-refractivity contribution in [3.63, 3.8) is 0 Å². The number of likely N-dealkylation sites (N-methyl/N-ethyl adjacent to an activating group) is 1. The van der Waals surface area contributed by atoms with E-state index >= 15 is 0 Å². The first kappa shape index (κ1) is 27.6. The molecule has 1 atom stereocenters. The molecule has 0 radical (unpaired) electrons. The highest BCUT2D eigenvalue weighted by Crippen LogP contribution is 2.47. The van der Waals surface area contributed by atoms with Gasteiger partial charge >= 0.3 is 7.82 Å². The standard InChI is InChI=1S/C25H26ClN4O7PS/c1-29-12-10-16-13-19(6-9-22(16)29)39(35,36)28-18-5-7-21(27-15-18)25(31)30-11-2-3-24(37-38(32,33)34)20-14-17(26)4-8-23(20)30/h4-9,13-15,24,28H,2-3,10-12H2,1H3,(H2,32,33,34). The van der Waals surface area contributed by atoms with Crippen molar-refractivity contribution in [2.75, 3.05) is 34.7 Å². The first-order valence-electron chi connectivity index (χ1n) is 12.1. The fraction of sp³-hybridized carbons (Fsp3) is 0.280. The van der Waals surface area contributed by atoms with Crippen LogP contribution in [0.2, 0.25) is 5.02 Å². The Balaban J connectivity index is 1.36. The lowest BCUT2D eigenvalue weighted by atomic mass is 10.0. The highest BCUT2D eigenvalue weighted by atomic mass is 35.5. The van der Waals surface area contributed by atoms with E-state index in [-0.39, 0.29) is 29.2 Å². The Bertz CT molecular complexity index is 1580. The number of anilines is 3. The smallest absolute Gasteiger partial charge is 0.374 e. The molecular weight excluding hydrogens is 567 g/mol. The van der Waals surface area contributed by atoms with Crippen molar-refractivity contribution in [1.82, 2.24) is 4.98 Å². The Morgan fingerprint density at radius 2 is 1.90 bits per heavy atom. The number of benzene rings is 2. The Morgan fingerprint density at radius 1 is 1.13 bits per heavy atom. The number of phosphoric acid groups is 1. The van der Waals surface area contributed by atoms with E-state index in [9.17, 15) is 27.6 Å². The van der Waals surface area contributed by atoms with Gasteiger partial charge in [-0.1, -0.05) is 11.6 Å². The van der Waals surface area contributed by atoms with Crippen LogP contribution < -0.4 is 14.5 Å². The second-order valence-corrected chi connectivity index (χ2v) is 12.7. The topological polar surface area (TPSA) is 149 Å². The van der Waals surface area contributed by atoms with Gasteiger partial charge in [-0.25, -0.2) is 18.0 Å². The number of hydrogen-bond donors (Lipinski definition) is 3. The Labute approximate surface area is 230 Å². The highest BCUT2D eigenvalue weighted by Gasteiger charge is 2.32. The zero-order valence-corrected chi connectivity index (χ0v) is 23.3. The fourth-order valence-corrected chi connectivity index (χ4v) is 6.69. The van der Waals surface area contributed by atoms with Crippen molar-refractivity contribution >= 4 is 52.4 Å². The van der Waals surface area contributed by atoms with Gasteiger partial charge in [0.2, 0.25) is 0 Å². The summed E-state index contributed by atoms with van der Waals surface area (Å²) in [5.41, 5.74) is 3.01. The van der Waals surface area contributed by atoms with Gasteiger partial charge in [0.25, 0.3) is 15.9 Å². The molecule has 0 spiro atoms. The number of hydrogen-bond acceptors (Lipinski definition) is 7. The molecule has 1 unspecified atom stereocenters. The molecule has 3 heterocycles. The monoisotopic (exact) mass is 592 g/mol. The minimum Gasteiger partial charge on any atom is -0.374 e. The van der Waals surface area contributed by atoms with E-state index in [0.717, 1.165) is 24.2 Å². The SMILES string of the molecule is CN1CCc2cc(S(=O)(=O)Nc3ccc(C(=O)N4CCCC(OP(=O)(O)O)c5cc(Cl)ccc54)nc3)ccc21. The number of aromatic nitrogens is 1. The summed E-state index contributed by atoms with van der Waals surface area (Å²) < 4.78 is 45.0. The van der Waals surface area contributed by atoms with Crippen molar-refractivity contribution in [3.8, 4) is 0 Å². The van der Waals surface area contributed by atoms with Crippen LogP contribution in [0, 0.1) is 0 Å². The summed E-state index contributed by atoms with van der Waals surface area (Å²) in [6.45, 7) is 1.08. The minimum atomic E-state index is -4.80. The molecule has 2 aromatic carbocycles. The van der Waals surface area contributed by atoms with Crippen LogP contribution in [-0.2, 0) is 25.5 Å². The molecule has 2 aliphatic heterocycles. The van der Waals surface area contributed by atoms with E-state index in [2.05, 4.69) is 14.6 Å². The molecular formula is C25H26ClN4O7PS. The maximum atomic E-state index is 13.4. The molecule has 14 heteroatoms. The third kappa shape index (κ3) is 5.96. The van der Waals surface area contributed by atoms with E-state index in [0.29, 0.717) is 22.7 Å². The summed E-state index contributed by atoms with van der Waals surface area (Å²) in [4.78, 5) is 40.0. The molecule has 0 saturated heterocycles. The molecule has 11 nitrogen and oxygen atoms in total. The number of halogens is 1. The van der Waals surface area contributed by atoms with Crippen LogP contribution in [0.3, 0.4) is 0 Å². The van der Waals surface area contributed by atoms with Gasteiger partial charge in [-0.15, -0.1) is 0 Å². The van der Waals surface area contributed by atoms with Crippen molar-refractivity contribution in [2.45, 2.75) is 30.3 Å². The molecule has 3 N–H and O–H groups in total. The number of rotatable bonds is 6. The number of nitrogens with one attached hydrogen (secondary N) is 1. The van der Waals surface area contributed by atoms with Crippen molar-refractivity contribution < 1.29 is 32.1 Å². The lowest BCUT2D eigenvalue weighted by Crippen LogP contribution is -2.32. The maximum Gasteiger partial charge on any atom is 0.470 e. The van der Waals surface area contributed by atoms with Gasteiger partial charge in [0, 0.05) is 42.1 Å². The van der Waals surface area contributed by atoms with E-state index < -0.39 is 29.9 Å². The van der Waals surface area contributed by atoms with Crippen molar-refractivity contribution in [1.29, 1.82) is 0 Å². The van der Waals surface area contributed by atoms with Gasteiger partial charge in [0.05, 0.1) is 22.9 Å². The first-order valence-corrected chi connectivity index (χ1v) is 15.5. The van der Waals surface area contributed by atoms with Gasteiger partial charge in [-0.3, -0.25) is 14.0 Å². The molecule has 206 valence electrons. The number of sulfonamides is 1. The molecule has 1 amide bonds. The summed E-state index contributed by atoms with van der Waals surface area (Å²) in [5, 5.41) is 0.326. The lowest BCUT2D eigenvalue weighted by molar-refractivity contribution is 0.0981. The number of nitrogens with zero attached hydrogens (tertiary/aromatic N) is 3. The summed E-state index contributed by atoms with van der Waals surface area (Å²) in [7, 11) is -6.71. The van der Waals surface area contributed by atoms with E-state index in [1.165, 1.54) is 29.3 Å². The molecule has 0 fully saturated rings. The lowest BCUT2D eigenvalue weighted by Gasteiger charge is -2.24. The van der Waals surface area contributed by atoms with Crippen LogP contribution in [0.1, 0.15) is 40.6 Å². The van der Waals surface area contributed by atoms with Crippen LogP contribution in [0.5, 0.6) is 0 Å². The average molecular weight is 593 g/mol. The van der Waals surface area contributed by atoms with Gasteiger partial charge < -0.3 is 19.6 Å². The van der Waals surface area contributed by atoms with Crippen LogP contribution in [-0.4, -0.2) is 49.2 Å². The van der Waals surface area contributed by atoms with Crippen LogP contribution >= 0.6 is 19.4 Å². The van der Waals surface area contributed by atoms with Gasteiger partial charge in [0.1, 0.15) is 5.69 Å². The quantitative estimate of drug-likeness (QED) is 0.359. The summed E-state index contributed by atoms with van der Waals surface area (Å²) in [5.74, 6) is -0.465. The van der Waals surface area contributed by atoms with Crippen molar-refractivity contribution in [3.05, 3.63) is 76.6 Å². The predicted molar refractivity (Wildman–Crippen MR) is 147 cm³/mol. The summed E-state index contributed by atoms with van der Waals surface area (Å²) in [6, 6.07) is 12.6. The Kier molecular flexibility index (Phi) is 7.45. The molecule has 2 aliphatic rings. The number of carbonyl (C=O) groups excluding carboxylic acids is 1. The Hall–Kier alpha value is -2.99. The molecule has 39 heavy (non-hydrogen) atoms. The number of fused-ring (bicyclic) bond motifs is 2. The zero-order valence-electron chi connectivity index (χ0n) is 20.8. The molecule has 1 aromatic heterocycles. The second-order valence-electron chi connectivity index (χ2n) is 9.39. The average Bonchev–Trinajstić information content (AvgIpc) is 3.16. The Morgan fingerprint density at radius 3 is 2.62 bits per heavy atom. The number of amides is 1. The molecule has 0 aliphatic carbocycles. The van der Waals surface area contributed by atoms with Crippen molar-refractivity contribution in [2.24, 2.45) is 0 Å². The van der Waals surface area contributed by atoms with Crippen LogP contribution in [0.15, 0.2) is 59.6 Å². The summed E-state index contributed by atoms with van der Waals surface area (Å²) in [6.07, 6.45) is 1.74. The predicted octanol–water partition coefficient (Wildman–Crippen LogP) is 4.12. The van der Waals surface area contributed by atoms with Gasteiger partial charge in [0.15, 0.2) is 0 Å². The van der Waals surface area contributed by atoms with Gasteiger partial charge in [-0.05, 0) is 73.4 Å². The molecule has 3 aromatic rings. The largest absolute Gasteiger partial charge is 0.470 e. The van der Waals surface area contributed by atoms with E-state index in [1.807, 2.05) is 7.05 Å². The molecule has 5 rings (SSSR count). The van der Waals surface area contributed by atoms with Crippen LogP contribution in [0.25, 0.3) is 0 Å². The number of carbonyl (C=O) groups is 1. The number of phosphoric ester groups is 1. The highest BCUT2D eigenvalue weighted by molar-refractivity contribution is 7.92. The minimum absolute atomic E-state index is 0.0637.